The Hall–Kier alpha value is -1.98. The Labute approximate surface area is 125 Å². The van der Waals surface area contributed by atoms with Crippen molar-refractivity contribution >= 4 is 11.9 Å². The van der Waals surface area contributed by atoms with Crippen LogP contribution in [0.15, 0.2) is 18.3 Å². The first-order valence-electron chi connectivity index (χ1n) is 7.50. The van der Waals surface area contributed by atoms with Gasteiger partial charge in [0.15, 0.2) is 11.6 Å². The Morgan fingerprint density at radius 3 is 2.81 bits per heavy atom. The van der Waals surface area contributed by atoms with Crippen molar-refractivity contribution in [3.63, 3.8) is 0 Å². The molecule has 0 saturated carbocycles. The molecule has 0 bridgehead atoms. The van der Waals surface area contributed by atoms with E-state index in [0.717, 1.165) is 24.4 Å². The van der Waals surface area contributed by atoms with Crippen LogP contribution in [0.5, 0.6) is 5.75 Å². The smallest absolute Gasteiger partial charge is 0.409 e. The summed E-state index contributed by atoms with van der Waals surface area (Å²) >= 11 is 0. The number of anilines is 1. The number of aromatic nitrogens is 1. The third-order valence-electron chi connectivity index (χ3n) is 3.43. The van der Waals surface area contributed by atoms with Crippen LogP contribution in [-0.4, -0.2) is 48.3 Å². The van der Waals surface area contributed by atoms with Crippen molar-refractivity contribution in [1.29, 1.82) is 0 Å². The summed E-state index contributed by atoms with van der Waals surface area (Å²) < 4.78 is 10.6. The number of carbonyl (C=O) groups excluding carboxylic acids is 1. The number of carbonyl (C=O) groups is 1. The summed E-state index contributed by atoms with van der Waals surface area (Å²) in [5.41, 5.74) is 0. The number of likely N-dealkylation sites (tertiary alicyclic amines) is 1. The number of amides is 1. The lowest BCUT2D eigenvalue weighted by Gasteiger charge is -2.32. The van der Waals surface area contributed by atoms with Gasteiger partial charge in [-0.25, -0.2) is 9.78 Å². The largest absolute Gasteiger partial charge is 0.490 e. The number of rotatable bonds is 5. The highest BCUT2D eigenvalue weighted by molar-refractivity contribution is 5.67. The fourth-order valence-corrected chi connectivity index (χ4v) is 2.39. The lowest BCUT2D eigenvalue weighted by Crippen LogP contribution is -2.42. The van der Waals surface area contributed by atoms with Crippen LogP contribution in [0.2, 0.25) is 0 Å². The molecule has 2 rings (SSSR count). The molecule has 116 valence electrons. The third kappa shape index (κ3) is 4.24. The van der Waals surface area contributed by atoms with Crippen LogP contribution in [0.4, 0.5) is 10.6 Å². The van der Waals surface area contributed by atoms with Gasteiger partial charge in [0, 0.05) is 25.3 Å². The number of piperidine rings is 1. The number of hydrogen-bond donors (Lipinski definition) is 1. The molecule has 0 aliphatic carbocycles. The fraction of sp³-hybridized carbons (Fsp3) is 0.600. The molecule has 1 saturated heterocycles. The lowest BCUT2D eigenvalue weighted by atomic mass is 10.1. The number of nitrogens with zero attached hydrogens (tertiary/aromatic N) is 2. The maximum atomic E-state index is 11.7. The van der Waals surface area contributed by atoms with Gasteiger partial charge in [-0.15, -0.1) is 0 Å². The van der Waals surface area contributed by atoms with E-state index in [0.29, 0.717) is 32.3 Å². The second-order valence-electron chi connectivity index (χ2n) is 4.89. The van der Waals surface area contributed by atoms with Gasteiger partial charge in [0.2, 0.25) is 0 Å². The fourth-order valence-electron chi connectivity index (χ4n) is 2.39. The minimum Gasteiger partial charge on any atom is -0.490 e. The van der Waals surface area contributed by atoms with Crippen LogP contribution in [0.25, 0.3) is 0 Å². The highest BCUT2D eigenvalue weighted by atomic mass is 16.6. The molecule has 0 spiro atoms. The highest BCUT2D eigenvalue weighted by Crippen LogP contribution is 2.24. The molecular weight excluding hydrogens is 270 g/mol. The Morgan fingerprint density at radius 2 is 2.14 bits per heavy atom. The Balaban J connectivity index is 1.87. The van der Waals surface area contributed by atoms with Crippen molar-refractivity contribution in [3.8, 4) is 5.75 Å². The summed E-state index contributed by atoms with van der Waals surface area (Å²) in [5.74, 6) is 1.54. The summed E-state index contributed by atoms with van der Waals surface area (Å²) in [4.78, 5) is 17.7. The number of nitrogens with one attached hydrogen (secondary N) is 1. The third-order valence-corrected chi connectivity index (χ3v) is 3.43. The summed E-state index contributed by atoms with van der Waals surface area (Å²) in [5, 5.41) is 3.41. The summed E-state index contributed by atoms with van der Waals surface area (Å²) in [6.07, 6.45) is 3.28. The van der Waals surface area contributed by atoms with E-state index in [2.05, 4.69) is 10.3 Å². The van der Waals surface area contributed by atoms with Gasteiger partial charge in [-0.05, 0) is 38.8 Å². The SMILES string of the molecule is CCOC(=O)N1CCC(Nc2ncccc2OCC)CC1. The van der Waals surface area contributed by atoms with E-state index in [4.69, 9.17) is 9.47 Å². The van der Waals surface area contributed by atoms with Crippen molar-refractivity contribution in [3.05, 3.63) is 18.3 Å². The van der Waals surface area contributed by atoms with Crippen molar-refractivity contribution < 1.29 is 14.3 Å². The molecule has 0 unspecified atom stereocenters. The highest BCUT2D eigenvalue weighted by Gasteiger charge is 2.24. The maximum Gasteiger partial charge on any atom is 0.409 e. The molecule has 1 amide bonds. The van der Waals surface area contributed by atoms with Gasteiger partial charge in [0.05, 0.1) is 13.2 Å². The number of hydrogen-bond acceptors (Lipinski definition) is 5. The molecule has 0 radical (unpaired) electrons. The quantitative estimate of drug-likeness (QED) is 0.903. The second kappa shape index (κ2) is 7.71. The summed E-state index contributed by atoms with van der Waals surface area (Å²) in [7, 11) is 0. The topological polar surface area (TPSA) is 63.7 Å². The minimum absolute atomic E-state index is 0.219. The van der Waals surface area contributed by atoms with Gasteiger partial charge in [0.25, 0.3) is 0 Å². The van der Waals surface area contributed by atoms with Crippen LogP contribution in [0, 0.1) is 0 Å². The van der Waals surface area contributed by atoms with Gasteiger partial charge in [-0.1, -0.05) is 0 Å². The van der Waals surface area contributed by atoms with Crippen LogP contribution < -0.4 is 10.1 Å². The molecule has 6 nitrogen and oxygen atoms in total. The molecule has 1 aromatic heterocycles. The molecule has 1 aliphatic heterocycles. The zero-order valence-electron chi connectivity index (χ0n) is 12.7. The van der Waals surface area contributed by atoms with Crippen molar-refractivity contribution in [2.75, 3.05) is 31.6 Å². The molecule has 2 heterocycles. The average molecular weight is 293 g/mol. The van der Waals surface area contributed by atoms with Crippen LogP contribution >= 0.6 is 0 Å². The maximum absolute atomic E-state index is 11.7. The van der Waals surface area contributed by atoms with E-state index in [1.54, 1.807) is 11.1 Å². The standard InChI is InChI=1S/C15H23N3O3/c1-3-20-13-6-5-9-16-14(13)17-12-7-10-18(11-8-12)15(19)21-4-2/h5-6,9,12H,3-4,7-8,10-11H2,1-2H3,(H,16,17). The van der Waals surface area contributed by atoms with Gasteiger partial charge in [-0.2, -0.15) is 0 Å². The number of ether oxygens (including phenoxy) is 2. The second-order valence-corrected chi connectivity index (χ2v) is 4.89. The van der Waals surface area contributed by atoms with Gasteiger partial charge in [-0.3, -0.25) is 0 Å². The van der Waals surface area contributed by atoms with Crippen molar-refractivity contribution in [1.82, 2.24) is 9.88 Å². The summed E-state index contributed by atoms with van der Waals surface area (Å²) in [6.45, 7) is 6.21. The first-order valence-corrected chi connectivity index (χ1v) is 7.50. The average Bonchev–Trinajstić information content (AvgIpc) is 2.50. The molecule has 1 aliphatic rings. The summed E-state index contributed by atoms with van der Waals surface area (Å²) in [6, 6.07) is 4.07. The zero-order chi connectivity index (χ0) is 15.1. The first kappa shape index (κ1) is 15.4. The van der Waals surface area contributed by atoms with Gasteiger partial charge < -0.3 is 19.7 Å². The zero-order valence-corrected chi connectivity index (χ0v) is 12.7. The molecule has 21 heavy (non-hydrogen) atoms. The number of pyridine rings is 1. The van der Waals surface area contributed by atoms with E-state index >= 15 is 0 Å². The first-order chi connectivity index (χ1) is 10.2. The van der Waals surface area contributed by atoms with E-state index < -0.39 is 0 Å². The molecule has 1 aromatic rings. The van der Waals surface area contributed by atoms with Crippen LogP contribution in [-0.2, 0) is 4.74 Å². The molecule has 6 heteroatoms. The van der Waals surface area contributed by atoms with Crippen LogP contribution in [0.3, 0.4) is 0 Å². The predicted octanol–water partition coefficient (Wildman–Crippen LogP) is 2.51. The lowest BCUT2D eigenvalue weighted by molar-refractivity contribution is 0.0983. The van der Waals surface area contributed by atoms with E-state index in [1.807, 2.05) is 26.0 Å². The van der Waals surface area contributed by atoms with E-state index in [9.17, 15) is 4.79 Å². The molecule has 1 fully saturated rings. The molecule has 0 aromatic carbocycles. The predicted molar refractivity (Wildman–Crippen MR) is 80.6 cm³/mol. The molecule has 1 N–H and O–H groups in total. The van der Waals surface area contributed by atoms with Gasteiger partial charge >= 0.3 is 6.09 Å². The Morgan fingerprint density at radius 1 is 1.38 bits per heavy atom. The van der Waals surface area contributed by atoms with E-state index in [-0.39, 0.29) is 6.09 Å². The normalized spacial score (nSPS) is 15.6. The Kier molecular flexibility index (Phi) is 5.66. The van der Waals surface area contributed by atoms with E-state index in [1.165, 1.54) is 0 Å². The molecule has 0 atom stereocenters. The van der Waals surface area contributed by atoms with Crippen molar-refractivity contribution in [2.24, 2.45) is 0 Å². The minimum atomic E-state index is -0.219. The van der Waals surface area contributed by atoms with Crippen LogP contribution in [0.1, 0.15) is 26.7 Å². The van der Waals surface area contributed by atoms with Crippen molar-refractivity contribution in [2.45, 2.75) is 32.7 Å². The molecular formula is C15H23N3O3. The van der Waals surface area contributed by atoms with Gasteiger partial charge in [0.1, 0.15) is 0 Å². The Bertz CT molecular complexity index is 459. The monoisotopic (exact) mass is 293 g/mol.